The first-order chi connectivity index (χ1) is 16.2. The first kappa shape index (κ1) is 22.8. The van der Waals surface area contributed by atoms with Gasteiger partial charge in [-0.05, 0) is 135 Å². The largest absolute Gasteiger partial charge is 0.309 e. The van der Waals surface area contributed by atoms with Gasteiger partial charge in [0.15, 0.2) is 0 Å². The fraction of sp³-hybridized carbons (Fsp3) is 0.656. The van der Waals surface area contributed by atoms with E-state index in [2.05, 4.69) is 75.3 Å². The van der Waals surface area contributed by atoms with Crippen LogP contribution in [0.15, 0.2) is 42.7 Å². The van der Waals surface area contributed by atoms with Crippen LogP contribution in [0.5, 0.6) is 0 Å². The van der Waals surface area contributed by atoms with Crippen molar-refractivity contribution in [3.63, 3.8) is 0 Å². The molecular weight excluding hydrogens is 412 g/mol. The first-order valence-corrected chi connectivity index (χ1v) is 14.0. The Bertz CT molecular complexity index is 1110. The molecule has 182 valence electrons. The molecular formula is C32H44N2. The molecule has 2 aromatic rings. The van der Waals surface area contributed by atoms with Crippen LogP contribution in [0.1, 0.15) is 91.5 Å². The van der Waals surface area contributed by atoms with Gasteiger partial charge in [-0.25, -0.2) is 0 Å². The van der Waals surface area contributed by atoms with Crippen LogP contribution in [-0.4, -0.2) is 16.6 Å². The number of aromatic nitrogens is 1. The fourth-order valence-electron chi connectivity index (χ4n) is 9.27. The minimum Gasteiger partial charge on any atom is -0.309 e. The SMILES string of the molecule is CC(C)(C)N[C@@H]1CC[C@@]2(C)[C@@H](CC[C@@H]3[C@@H]2CC[C@]2(C)C(c4ccc5ccncc5c4)=CC[C@@H]32)C1. The molecule has 2 heteroatoms. The summed E-state index contributed by atoms with van der Waals surface area (Å²) in [5.74, 6) is 3.57. The predicted octanol–water partition coefficient (Wildman–Crippen LogP) is 8.03. The van der Waals surface area contributed by atoms with E-state index in [4.69, 9.17) is 0 Å². The Hall–Kier alpha value is -1.67. The Labute approximate surface area is 207 Å². The first-order valence-electron chi connectivity index (χ1n) is 14.0. The van der Waals surface area contributed by atoms with Gasteiger partial charge >= 0.3 is 0 Å². The second kappa shape index (κ2) is 7.92. The number of fused-ring (bicyclic) bond motifs is 6. The summed E-state index contributed by atoms with van der Waals surface area (Å²) in [5, 5.41) is 6.52. The van der Waals surface area contributed by atoms with Crippen molar-refractivity contribution < 1.29 is 0 Å². The third kappa shape index (κ3) is 3.58. The summed E-state index contributed by atoms with van der Waals surface area (Å²) in [4.78, 5) is 4.38. The summed E-state index contributed by atoms with van der Waals surface area (Å²) in [6.07, 6.45) is 17.7. The third-order valence-corrected chi connectivity index (χ3v) is 10.8. The highest BCUT2D eigenvalue weighted by atomic mass is 15.0. The van der Waals surface area contributed by atoms with E-state index in [-0.39, 0.29) is 5.54 Å². The van der Waals surface area contributed by atoms with Gasteiger partial charge < -0.3 is 5.32 Å². The molecule has 3 fully saturated rings. The Morgan fingerprint density at radius 2 is 1.79 bits per heavy atom. The van der Waals surface area contributed by atoms with Crippen molar-refractivity contribution in [2.45, 2.75) is 97.6 Å². The van der Waals surface area contributed by atoms with E-state index in [0.717, 1.165) is 23.7 Å². The molecule has 34 heavy (non-hydrogen) atoms. The summed E-state index contributed by atoms with van der Waals surface area (Å²) < 4.78 is 0. The van der Waals surface area contributed by atoms with E-state index in [1.807, 2.05) is 12.4 Å². The lowest BCUT2D eigenvalue weighted by atomic mass is 9.44. The summed E-state index contributed by atoms with van der Waals surface area (Å²) in [6, 6.07) is 9.91. The summed E-state index contributed by atoms with van der Waals surface area (Å²) in [7, 11) is 0. The third-order valence-electron chi connectivity index (χ3n) is 10.8. The lowest BCUT2D eigenvalue weighted by Gasteiger charge is -2.61. The van der Waals surface area contributed by atoms with Crippen molar-refractivity contribution >= 4 is 16.3 Å². The lowest BCUT2D eigenvalue weighted by molar-refractivity contribution is -0.101. The molecule has 2 nitrogen and oxygen atoms in total. The van der Waals surface area contributed by atoms with Crippen LogP contribution >= 0.6 is 0 Å². The van der Waals surface area contributed by atoms with Gasteiger partial charge in [0.1, 0.15) is 0 Å². The molecule has 4 aliphatic rings. The average Bonchev–Trinajstić information content (AvgIpc) is 3.15. The van der Waals surface area contributed by atoms with E-state index in [1.54, 1.807) is 5.57 Å². The minimum atomic E-state index is 0.229. The minimum absolute atomic E-state index is 0.229. The molecule has 1 N–H and O–H groups in total. The maximum Gasteiger partial charge on any atom is 0.0346 e. The van der Waals surface area contributed by atoms with Gasteiger partial charge in [0.25, 0.3) is 0 Å². The Balaban J connectivity index is 1.23. The van der Waals surface area contributed by atoms with Crippen molar-refractivity contribution in [3.05, 3.63) is 48.3 Å². The molecule has 0 spiro atoms. The predicted molar refractivity (Wildman–Crippen MR) is 144 cm³/mol. The van der Waals surface area contributed by atoms with Crippen molar-refractivity contribution in [2.24, 2.45) is 34.5 Å². The van der Waals surface area contributed by atoms with Crippen LogP contribution in [0, 0.1) is 34.5 Å². The maximum atomic E-state index is 4.38. The number of hydrogen-bond acceptors (Lipinski definition) is 2. The van der Waals surface area contributed by atoms with Gasteiger partial charge in [-0.2, -0.15) is 0 Å². The van der Waals surface area contributed by atoms with Gasteiger partial charge in [0, 0.05) is 29.4 Å². The monoisotopic (exact) mass is 456 g/mol. The molecule has 3 saturated carbocycles. The Kier molecular flexibility index (Phi) is 5.30. The van der Waals surface area contributed by atoms with E-state index in [0.29, 0.717) is 16.9 Å². The highest BCUT2D eigenvalue weighted by Gasteiger charge is 2.58. The zero-order valence-corrected chi connectivity index (χ0v) is 22.0. The highest BCUT2D eigenvalue weighted by Crippen LogP contribution is 2.67. The number of pyridine rings is 1. The van der Waals surface area contributed by atoms with Crippen molar-refractivity contribution in [2.75, 3.05) is 0 Å². The second-order valence-electron chi connectivity index (χ2n) is 13.8. The fourth-order valence-corrected chi connectivity index (χ4v) is 9.27. The van der Waals surface area contributed by atoms with E-state index < -0.39 is 0 Å². The van der Waals surface area contributed by atoms with Crippen LogP contribution in [0.25, 0.3) is 16.3 Å². The molecule has 1 heterocycles. The van der Waals surface area contributed by atoms with Crippen LogP contribution < -0.4 is 5.32 Å². The van der Waals surface area contributed by atoms with Crippen LogP contribution in [0.4, 0.5) is 0 Å². The summed E-state index contributed by atoms with van der Waals surface area (Å²) in [5.41, 5.74) is 4.19. The number of allylic oxidation sites excluding steroid dienone is 2. The molecule has 0 saturated heterocycles. The van der Waals surface area contributed by atoms with E-state index in [1.165, 1.54) is 67.7 Å². The quantitative estimate of drug-likeness (QED) is 0.495. The smallest absolute Gasteiger partial charge is 0.0346 e. The Morgan fingerprint density at radius 3 is 2.62 bits per heavy atom. The number of benzene rings is 1. The molecule has 7 atom stereocenters. The maximum absolute atomic E-state index is 4.38. The molecule has 4 aliphatic carbocycles. The van der Waals surface area contributed by atoms with Crippen LogP contribution in [0.3, 0.4) is 0 Å². The number of hydrogen-bond donors (Lipinski definition) is 1. The van der Waals surface area contributed by atoms with Crippen molar-refractivity contribution in [1.82, 2.24) is 10.3 Å². The summed E-state index contributed by atoms with van der Waals surface area (Å²) >= 11 is 0. The Morgan fingerprint density at radius 1 is 0.941 bits per heavy atom. The van der Waals surface area contributed by atoms with Crippen molar-refractivity contribution in [3.8, 4) is 0 Å². The second-order valence-corrected chi connectivity index (χ2v) is 13.8. The normalized spacial score (nSPS) is 39.8. The molecule has 0 bridgehead atoms. The number of rotatable bonds is 2. The summed E-state index contributed by atoms with van der Waals surface area (Å²) in [6.45, 7) is 12.3. The molecule has 1 aromatic carbocycles. The average molecular weight is 457 g/mol. The topological polar surface area (TPSA) is 24.9 Å². The van der Waals surface area contributed by atoms with Crippen LogP contribution in [-0.2, 0) is 0 Å². The molecule has 0 aliphatic heterocycles. The number of nitrogens with one attached hydrogen (secondary N) is 1. The van der Waals surface area contributed by atoms with Gasteiger partial charge in [0.05, 0.1) is 0 Å². The molecule has 6 rings (SSSR count). The molecule has 1 aromatic heterocycles. The van der Waals surface area contributed by atoms with Gasteiger partial charge in [0.2, 0.25) is 0 Å². The lowest BCUT2D eigenvalue weighted by Crippen LogP contribution is -2.56. The zero-order chi connectivity index (χ0) is 23.7. The zero-order valence-electron chi connectivity index (χ0n) is 22.0. The van der Waals surface area contributed by atoms with Crippen molar-refractivity contribution in [1.29, 1.82) is 0 Å². The van der Waals surface area contributed by atoms with E-state index >= 15 is 0 Å². The van der Waals surface area contributed by atoms with Gasteiger partial charge in [-0.1, -0.05) is 32.1 Å². The van der Waals surface area contributed by atoms with Crippen LogP contribution in [0.2, 0.25) is 0 Å². The molecule has 0 radical (unpaired) electrons. The van der Waals surface area contributed by atoms with Gasteiger partial charge in [-0.15, -0.1) is 0 Å². The molecule has 0 amide bonds. The van der Waals surface area contributed by atoms with Gasteiger partial charge in [-0.3, -0.25) is 4.98 Å². The highest BCUT2D eigenvalue weighted by molar-refractivity contribution is 5.86. The standard InChI is InChI=1S/C32H44N2/c1-30(2,3)34-25-12-15-31(4)24(19-25)8-9-26-28-11-10-27(32(28,5)16-13-29(26)31)22-7-6-21-14-17-33-20-23(21)18-22/h6-7,10,14,17-18,20,24-26,28-29,34H,8-9,11-13,15-16,19H2,1-5H3/t24-,25+,26-,28-,29-,31-,32+/m0/s1. The number of nitrogens with zero attached hydrogens (tertiary/aromatic N) is 1. The molecule has 0 unspecified atom stereocenters. The van der Waals surface area contributed by atoms with E-state index in [9.17, 15) is 0 Å².